The molecule has 0 saturated carbocycles. The largest absolute Gasteiger partial charge is 0.388 e. The van der Waals surface area contributed by atoms with Crippen LogP contribution in [0.15, 0.2) is 24.3 Å². The molecule has 1 aliphatic rings. The van der Waals surface area contributed by atoms with Crippen LogP contribution in [0.3, 0.4) is 0 Å². The summed E-state index contributed by atoms with van der Waals surface area (Å²) < 4.78 is 0. The normalized spacial score (nSPS) is 18.2. The zero-order valence-corrected chi connectivity index (χ0v) is 10.4. The third-order valence-corrected chi connectivity index (χ3v) is 3.40. The van der Waals surface area contributed by atoms with E-state index in [0.717, 1.165) is 32.5 Å². The minimum absolute atomic E-state index is 0.597. The van der Waals surface area contributed by atoms with Gasteiger partial charge in [0.25, 0.3) is 0 Å². The van der Waals surface area contributed by atoms with Crippen LogP contribution in [-0.4, -0.2) is 31.2 Å². The Morgan fingerprint density at radius 2 is 2.00 bits per heavy atom. The van der Waals surface area contributed by atoms with Gasteiger partial charge in [0, 0.05) is 38.4 Å². The number of nitrogens with zero attached hydrogens (tertiary/aromatic N) is 1. The Hall–Kier alpha value is -1.10. The van der Waals surface area contributed by atoms with Gasteiger partial charge in [-0.2, -0.15) is 0 Å². The highest BCUT2D eigenvalue weighted by molar-refractivity contribution is 5.50. The van der Waals surface area contributed by atoms with Gasteiger partial charge >= 0.3 is 0 Å². The molecule has 0 unspecified atom stereocenters. The molecule has 17 heavy (non-hydrogen) atoms. The van der Waals surface area contributed by atoms with Crippen LogP contribution in [0.4, 0.5) is 5.69 Å². The monoisotopic (exact) mass is 234 g/mol. The third kappa shape index (κ3) is 3.43. The molecule has 1 aliphatic heterocycles. The number of hydrogen-bond acceptors (Lipinski definition) is 4. The van der Waals surface area contributed by atoms with Crippen LogP contribution in [0.25, 0.3) is 0 Å². The lowest BCUT2D eigenvalue weighted by atomic mass is 10.1. The van der Waals surface area contributed by atoms with Crippen molar-refractivity contribution in [2.24, 2.45) is 5.84 Å². The maximum absolute atomic E-state index is 5.75. The SMILES string of the molecule is CNc1ccccc1CNC1CCN(N)CC1. The van der Waals surface area contributed by atoms with Crippen LogP contribution in [0.1, 0.15) is 18.4 Å². The van der Waals surface area contributed by atoms with E-state index < -0.39 is 0 Å². The average molecular weight is 234 g/mol. The number of para-hydroxylation sites is 1. The topological polar surface area (TPSA) is 53.3 Å². The second-order valence-electron chi connectivity index (χ2n) is 4.60. The van der Waals surface area contributed by atoms with Gasteiger partial charge in [-0.05, 0) is 24.5 Å². The van der Waals surface area contributed by atoms with Crippen molar-refractivity contribution in [2.75, 3.05) is 25.5 Å². The summed E-state index contributed by atoms with van der Waals surface area (Å²) in [5, 5.41) is 8.74. The molecule has 0 radical (unpaired) electrons. The fourth-order valence-corrected chi connectivity index (χ4v) is 2.28. The second-order valence-corrected chi connectivity index (χ2v) is 4.60. The van der Waals surface area contributed by atoms with Crippen molar-refractivity contribution in [1.29, 1.82) is 0 Å². The first-order valence-electron chi connectivity index (χ1n) is 6.28. The molecule has 1 fully saturated rings. The molecule has 0 atom stereocenters. The Morgan fingerprint density at radius 3 is 2.71 bits per heavy atom. The predicted molar refractivity (Wildman–Crippen MR) is 71.6 cm³/mol. The minimum Gasteiger partial charge on any atom is -0.388 e. The van der Waals surface area contributed by atoms with E-state index in [1.54, 1.807) is 0 Å². The van der Waals surface area contributed by atoms with Gasteiger partial charge in [0.15, 0.2) is 0 Å². The number of piperidine rings is 1. The number of nitrogens with one attached hydrogen (secondary N) is 2. The maximum Gasteiger partial charge on any atom is 0.0383 e. The van der Waals surface area contributed by atoms with Crippen molar-refractivity contribution in [3.63, 3.8) is 0 Å². The summed E-state index contributed by atoms with van der Waals surface area (Å²) in [6.45, 7) is 2.91. The Bertz CT molecular complexity index is 345. The highest BCUT2D eigenvalue weighted by Crippen LogP contribution is 2.15. The van der Waals surface area contributed by atoms with Crippen molar-refractivity contribution in [2.45, 2.75) is 25.4 Å². The van der Waals surface area contributed by atoms with Gasteiger partial charge in [0.1, 0.15) is 0 Å². The summed E-state index contributed by atoms with van der Waals surface area (Å²) in [6.07, 6.45) is 2.27. The Morgan fingerprint density at radius 1 is 1.29 bits per heavy atom. The highest BCUT2D eigenvalue weighted by Gasteiger charge is 2.16. The Balaban J connectivity index is 1.85. The van der Waals surface area contributed by atoms with Crippen LogP contribution in [-0.2, 0) is 6.54 Å². The fraction of sp³-hybridized carbons (Fsp3) is 0.538. The summed E-state index contributed by atoms with van der Waals surface area (Å²) >= 11 is 0. The van der Waals surface area contributed by atoms with Crippen molar-refractivity contribution in [1.82, 2.24) is 10.3 Å². The van der Waals surface area contributed by atoms with Gasteiger partial charge in [0.2, 0.25) is 0 Å². The van der Waals surface area contributed by atoms with Crippen molar-refractivity contribution < 1.29 is 0 Å². The molecular formula is C13H22N4. The lowest BCUT2D eigenvalue weighted by Crippen LogP contribution is -2.45. The molecule has 0 aromatic heterocycles. The van der Waals surface area contributed by atoms with Crippen molar-refractivity contribution in [3.05, 3.63) is 29.8 Å². The first kappa shape index (κ1) is 12.4. The number of rotatable bonds is 4. The third-order valence-electron chi connectivity index (χ3n) is 3.40. The standard InChI is InChI=1S/C13H22N4/c1-15-13-5-3-2-4-11(13)10-16-12-6-8-17(14)9-7-12/h2-5,12,15-16H,6-10,14H2,1H3. The molecule has 0 amide bonds. The zero-order valence-electron chi connectivity index (χ0n) is 10.4. The van der Waals surface area contributed by atoms with E-state index >= 15 is 0 Å². The Labute approximate surface area is 103 Å². The van der Waals surface area contributed by atoms with E-state index in [1.807, 2.05) is 12.1 Å². The molecule has 0 aliphatic carbocycles. The first-order valence-corrected chi connectivity index (χ1v) is 6.28. The van der Waals surface area contributed by atoms with Gasteiger partial charge in [-0.3, -0.25) is 5.84 Å². The molecule has 0 spiro atoms. The quantitative estimate of drug-likeness (QED) is 0.684. The summed E-state index contributed by atoms with van der Waals surface area (Å²) in [4.78, 5) is 0. The lowest BCUT2D eigenvalue weighted by Gasteiger charge is -2.29. The van der Waals surface area contributed by atoms with E-state index in [-0.39, 0.29) is 0 Å². The van der Waals surface area contributed by atoms with E-state index in [4.69, 9.17) is 5.84 Å². The van der Waals surface area contributed by atoms with Gasteiger partial charge in [0.05, 0.1) is 0 Å². The molecule has 2 rings (SSSR count). The smallest absolute Gasteiger partial charge is 0.0383 e. The van der Waals surface area contributed by atoms with Gasteiger partial charge < -0.3 is 10.6 Å². The Kier molecular flexibility index (Phi) is 4.36. The molecule has 94 valence electrons. The molecule has 1 heterocycles. The van der Waals surface area contributed by atoms with Crippen LogP contribution >= 0.6 is 0 Å². The van der Waals surface area contributed by atoms with Crippen LogP contribution < -0.4 is 16.5 Å². The summed E-state index contributed by atoms with van der Waals surface area (Å²) in [7, 11) is 1.96. The first-order chi connectivity index (χ1) is 8.29. The molecular weight excluding hydrogens is 212 g/mol. The highest BCUT2D eigenvalue weighted by atomic mass is 15.4. The van der Waals surface area contributed by atoms with E-state index in [2.05, 4.69) is 34.9 Å². The summed E-state index contributed by atoms with van der Waals surface area (Å²) in [5.74, 6) is 5.75. The van der Waals surface area contributed by atoms with E-state index in [9.17, 15) is 0 Å². The van der Waals surface area contributed by atoms with Crippen molar-refractivity contribution >= 4 is 5.69 Å². The molecule has 1 saturated heterocycles. The fourth-order valence-electron chi connectivity index (χ4n) is 2.28. The number of anilines is 1. The molecule has 0 bridgehead atoms. The van der Waals surface area contributed by atoms with Crippen LogP contribution in [0, 0.1) is 0 Å². The van der Waals surface area contributed by atoms with Crippen LogP contribution in [0.5, 0.6) is 0 Å². The average Bonchev–Trinajstić information content (AvgIpc) is 2.38. The number of benzene rings is 1. The van der Waals surface area contributed by atoms with Crippen molar-refractivity contribution in [3.8, 4) is 0 Å². The number of hydrazine groups is 1. The zero-order chi connectivity index (χ0) is 12.1. The second kappa shape index (κ2) is 6.00. The molecule has 1 aromatic rings. The van der Waals surface area contributed by atoms with E-state index in [1.165, 1.54) is 11.3 Å². The van der Waals surface area contributed by atoms with Gasteiger partial charge in [-0.1, -0.05) is 18.2 Å². The maximum atomic E-state index is 5.75. The molecule has 4 N–H and O–H groups in total. The number of nitrogens with two attached hydrogens (primary N) is 1. The lowest BCUT2D eigenvalue weighted by molar-refractivity contribution is 0.201. The minimum atomic E-state index is 0.597. The molecule has 4 heteroatoms. The molecule has 4 nitrogen and oxygen atoms in total. The predicted octanol–water partition coefficient (Wildman–Crippen LogP) is 1.16. The summed E-state index contributed by atoms with van der Waals surface area (Å²) in [6, 6.07) is 9.01. The van der Waals surface area contributed by atoms with Crippen LogP contribution in [0.2, 0.25) is 0 Å². The molecule has 1 aromatic carbocycles. The van der Waals surface area contributed by atoms with Gasteiger partial charge in [-0.25, -0.2) is 5.01 Å². The van der Waals surface area contributed by atoms with E-state index in [0.29, 0.717) is 6.04 Å². The number of hydrogen-bond donors (Lipinski definition) is 3. The summed E-state index contributed by atoms with van der Waals surface area (Å²) in [5.41, 5.74) is 2.53. The van der Waals surface area contributed by atoms with Gasteiger partial charge in [-0.15, -0.1) is 0 Å².